The molecule has 1 aliphatic carbocycles. The monoisotopic (exact) mass is 263 g/mol. The van der Waals surface area contributed by atoms with Crippen molar-refractivity contribution in [3.8, 4) is 5.75 Å². The Bertz CT molecular complexity index is 532. The molecule has 0 saturated heterocycles. The first-order valence-electron chi connectivity index (χ1n) is 6.40. The van der Waals surface area contributed by atoms with Crippen LogP contribution in [0.2, 0.25) is 0 Å². The predicted molar refractivity (Wildman–Crippen MR) is 70.3 cm³/mol. The molecule has 0 aliphatic heterocycles. The van der Waals surface area contributed by atoms with Gasteiger partial charge in [-0.3, -0.25) is 14.9 Å². The Hall–Kier alpha value is -1.91. The molecular formula is C14H17NO4. The van der Waals surface area contributed by atoms with E-state index in [9.17, 15) is 14.9 Å². The van der Waals surface area contributed by atoms with E-state index in [0.717, 1.165) is 12.8 Å². The third-order valence-corrected chi connectivity index (χ3v) is 3.27. The zero-order valence-corrected chi connectivity index (χ0v) is 11.3. The number of rotatable bonds is 4. The highest BCUT2D eigenvalue weighted by Crippen LogP contribution is 2.36. The van der Waals surface area contributed by atoms with E-state index >= 15 is 0 Å². The van der Waals surface area contributed by atoms with Gasteiger partial charge in [0, 0.05) is 17.2 Å². The van der Waals surface area contributed by atoms with Crippen molar-refractivity contribution < 1.29 is 14.5 Å². The van der Waals surface area contributed by atoms with Gasteiger partial charge in [-0.05, 0) is 31.7 Å². The van der Waals surface area contributed by atoms with Crippen LogP contribution in [0.5, 0.6) is 5.75 Å². The minimum Gasteiger partial charge on any atom is -0.426 e. The van der Waals surface area contributed by atoms with Crippen LogP contribution in [0, 0.1) is 23.0 Å². The van der Waals surface area contributed by atoms with Crippen molar-refractivity contribution in [1.29, 1.82) is 0 Å². The van der Waals surface area contributed by atoms with Crippen molar-refractivity contribution in [3.63, 3.8) is 0 Å². The molecule has 0 bridgehead atoms. The average Bonchev–Trinajstić information content (AvgIpc) is 3.11. The second-order valence-electron chi connectivity index (χ2n) is 5.28. The molecule has 1 aliphatic rings. The van der Waals surface area contributed by atoms with E-state index in [2.05, 4.69) is 0 Å². The van der Waals surface area contributed by atoms with E-state index in [1.54, 1.807) is 13.0 Å². The quantitative estimate of drug-likeness (QED) is 0.361. The Kier molecular flexibility index (Phi) is 3.55. The highest BCUT2D eigenvalue weighted by molar-refractivity contribution is 5.78. The molecule has 0 amide bonds. The molecule has 2 rings (SSSR count). The highest BCUT2D eigenvalue weighted by atomic mass is 16.6. The lowest BCUT2D eigenvalue weighted by Gasteiger charge is -2.13. The molecule has 0 heterocycles. The molecule has 1 fully saturated rings. The summed E-state index contributed by atoms with van der Waals surface area (Å²) in [5, 5.41) is 10.9. The second-order valence-corrected chi connectivity index (χ2v) is 5.28. The molecule has 102 valence electrons. The Labute approximate surface area is 111 Å². The van der Waals surface area contributed by atoms with Crippen LogP contribution in [0.3, 0.4) is 0 Å². The van der Waals surface area contributed by atoms with E-state index in [0.29, 0.717) is 16.9 Å². The first-order chi connectivity index (χ1) is 8.90. The molecule has 0 N–H and O–H groups in total. The number of benzene rings is 1. The predicted octanol–water partition coefficient (Wildman–Crippen LogP) is 3.34. The molecule has 1 aromatic rings. The molecule has 0 aromatic heterocycles. The lowest BCUT2D eigenvalue weighted by atomic mass is 9.99. The van der Waals surface area contributed by atoms with Gasteiger partial charge in [-0.1, -0.05) is 13.8 Å². The summed E-state index contributed by atoms with van der Waals surface area (Å²) in [6.07, 6.45) is 1.75. The molecule has 1 saturated carbocycles. The third-order valence-electron chi connectivity index (χ3n) is 3.27. The Balaban J connectivity index is 2.37. The first kappa shape index (κ1) is 13.5. The van der Waals surface area contributed by atoms with Gasteiger partial charge in [0.15, 0.2) is 0 Å². The number of carbonyl (C=O) groups excluding carboxylic acids is 1. The van der Waals surface area contributed by atoms with Crippen molar-refractivity contribution in [1.82, 2.24) is 0 Å². The number of carbonyl (C=O) groups is 1. The summed E-state index contributed by atoms with van der Waals surface area (Å²) >= 11 is 0. The molecule has 0 unspecified atom stereocenters. The lowest BCUT2D eigenvalue weighted by molar-refractivity contribution is -0.385. The van der Waals surface area contributed by atoms with Crippen molar-refractivity contribution in [2.75, 3.05) is 0 Å². The van der Waals surface area contributed by atoms with Crippen LogP contribution in [-0.2, 0) is 4.79 Å². The maximum Gasteiger partial charge on any atom is 0.314 e. The van der Waals surface area contributed by atoms with Crippen LogP contribution in [0.1, 0.15) is 43.7 Å². The Morgan fingerprint density at radius 2 is 2.05 bits per heavy atom. The second kappa shape index (κ2) is 4.99. The molecule has 0 radical (unpaired) electrons. The van der Waals surface area contributed by atoms with Crippen molar-refractivity contribution in [3.05, 3.63) is 33.4 Å². The summed E-state index contributed by atoms with van der Waals surface area (Å²) in [6, 6.07) is 3.10. The number of esters is 1. The summed E-state index contributed by atoms with van der Waals surface area (Å²) in [5.41, 5.74) is 1.27. The minimum absolute atomic E-state index is 0.00973. The Morgan fingerprint density at radius 1 is 1.42 bits per heavy atom. The molecule has 0 atom stereocenters. The smallest absolute Gasteiger partial charge is 0.314 e. The van der Waals surface area contributed by atoms with Crippen LogP contribution < -0.4 is 4.74 Å². The topological polar surface area (TPSA) is 69.4 Å². The minimum atomic E-state index is -0.409. The SMILES string of the molecule is Cc1cc(OC(=O)C2CC2)c(C(C)C)cc1[N+](=O)[O-]. The van der Waals surface area contributed by atoms with Gasteiger partial charge in [0.25, 0.3) is 5.69 Å². The largest absolute Gasteiger partial charge is 0.426 e. The van der Waals surface area contributed by atoms with E-state index < -0.39 is 4.92 Å². The van der Waals surface area contributed by atoms with Crippen molar-refractivity contribution in [2.45, 2.75) is 39.5 Å². The summed E-state index contributed by atoms with van der Waals surface area (Å²) in [4.78, 5) is 22.3. The van der Waals surface area contributed by atoms with E-state index in [-0.39, 0.29) is 23.5 Å². The van der Waals surface area contributed by atoms with Crippen LogP contribution in [0.25, 0.3) is 0 Å². The molecule has 5 nitrogen and oxygen atoms in total. The number of nitro groups is 1. The fraction of sp³-hybridized carbons (Fsp3) is 0.500. The fourth-order valence-corrected chi connectivity index (χ4v) is 1.93. The summed E-state index contributed by atoms with van der Waals surface area (Å²) in [6.45, 7) is 5.49. The number of aryl methyl sites for hydroxylation is 1. The number of hydrogen-bond acceptors (Lipinski definition) is 4. The molecule has 5 heteroatoms. The van der Waals surface area contributed by atoms with Gasteiger partial charge in [-0.25, -0.2) is 0 Å². The fourth-order valence-electron chi connectivity index (χ4n) is 1.93. The maximum atomic E-state index is 11.7. The van der Waals surface area contributed by atoms with Crippen molar-refractivity contribution >= 4 is 11.7 Å². The zero-order chi connectivity index (χ0) is 14.2. The molecule has 0 spiro atoms. The average molecular weight is 263 g/mol. The van der Waals surface area contributed by atoms with Crippen LogP contribution in [0.15, 0.2) is 12.1 Å². The van der Waals surface area contributed by atoms with Crippen LogP contribution in [0.4, 0.5) is 5.69 Å². The van der Waals surface area contributed by atoms with Gasteiger partial charge in [-0.15, -0.1) is 0 Å². The maximum absolute atomic E-state index is 11.7. The number of nitro benzene ring substituents is 1. The van der Waals surface area contributed by atoms with E-state index in [1.807, 2.05) is 13.8 Å². The first-order valence-corrected chi connectivity index (χ1v) is 6.40. The van der Waals surface area contributed by atoms with Gasteiger partial charge < -0.3 is 4.74 Å². The molecule has 19 heavy (non-hydrogen) atoms. The molecular weight excluding hydrogens is 246 g/mol. The van der Waals surface area contributed by atoms with Crippen LogP contribution in [-0.4, -0.2) is 10.9 Å². The summed E-state index contributed by atoms with van der Waals surface area (Å²) in [7, 11) is 0. The van der Waals surface area contributed by atoms with E-state index in [4.69, 9.17) is 4.74 Å². The Morgan fingerprint density at radius 3 is 2.53 bits per heavy atom. The number of hydrogen-bond donors (Lipinski definition) is 0. The third kappa shape index (κ3) is 2.92. The summed E-state index contributed by atoms with van der Waals surface area (Å²) < 4.78 is 5.38. The number of nitrogens with zero attached hydrogens (tertiary/aromatic N) is 1. The summed E-state index contributed by atoms with van der Waals surface area (Å²) in [5.74, 6) is 0.293. The number of ether oxygens (including phenoxy) is 1. The normalized spacial score (nSPS) is 14.5. The van der Waals surface area contributed by atoms with Gasteiger partial charge in [-0.2, -0.15) is 0 Å². The zero-order valence-electron chi connectivity index (χ0n) is 11.3. The van der Waals surface area contributed by atoms with Gasteiger partial charge in [0.2, 0.25) is 0 Å². The molecule has 1 aromatic carbocycles. The standard InChI is InChI=1S/C14H17NO4/c1-8(2)11-7-12(15(17)18)9(3)6-13(11)19-14(16)10-4-5-10/h6-8,10H,4-5H2,1-3H3. The highest BCUT2D eigenvalue weighted by Gasteiger charge is 2.32. The van der Waals surface area contributed by atoms with E-state index in [1.165, 1.54) is 6.07 Å². The van der Waals surface area contributed by atoms with Crippen molar-refractivity contribution in [2.24, 2.45) is 5.92 Å². The van der Waals surface area contributed by atoms with Gasteiger partial charge >= 0.3 is 5.97 Å². The van der Waals surface area contributed by atoms with Gasteiger partial charge in [0.05, 0.1) is 10.8 Å². The van der Waals surface area contributed by atoms with Crippen LogP contribution >= 0.6 is 0 Å². The lowest BCUT2D eigenvalue weighted by Crippen LogP contribution is -2.12. The van der Waals surface area contributed by atoms with Gasteiger partial charge in [0.1, 0.15) is 5.75 Å².